The number of hydrogen-bond acceptors (Lipinski definition) is 5. The van der Waals surface area contributed by atoms with Crippen LogP contribution < -0.4 is 5.73 Å². The van der Waals surface area contributed by atoms with Gasteiger partial charge in [-0.15, -0.1) is 0 Å². The summed E-state index contributed by atoms with van der Waals surface area (Å²) in [4.78, 5) is 45.3. The number of benzene rings is 1. The maximum atomic E-state index is 13.2. The first kappa shape index (κ1) is 25.9. The Hall–Kier alpha value is -3.73. The maximum Gasteiger partial charge on any atom is 0.416 e. The number of nitrogens with zero attached hydrogens (tertiary/aromatic N) is 4. The molecule has 2 N–H and O–H groups in total. The predicted octanol–water partition coefficient (Wildman–Crippen LogP) is 4.16. The van der Waals surface area contributed by atoms with Gasteiger partial charge in [0, 0.05) is 29.7 Å². The van der Waals surface area contributed by atoms with E-state index in [-0.39, 0.29) is 17.8 Å². The van der Waals surface area contributed by atoms with Gasteiger partial charge >= 0.3 is 6.18 Å². The molecule has 0 spiro atoms. The van der Waals surface area contributed by atoms with Crippen molar-refractivity contribution in [3.8, 4) is 17.1 Å². The number of ketones is 1. The lowest BCUT2D eigenvalue weighted by Crippen LogP contribution is -2.44. The van der Waals surface area contributed by atoms with Crippen LogP contribution >= 0.6 is 11.8 Å². The highest BCUT2D eigenvalue weighted by Crippen LogP contribution is 2.31. The lowest BCUT2D eigenvalue weighted by molar-refractivity contribution is -0.138. The van der Waals surface area contributed by atoms with Crippen molar-refractivity contribution in [3.63, 3.8) is 0 Å². The van der Waals surface area contributed by atoms with E-state index in [1.54, 1.807) is 0 Å². The normalized spacial score (nSPS) is 12.3. The van der Waals surface area contributed by atoms with Gasteiger partial charge in [0.25, 0.3) is 11.8 Å². The molecule has 0 aliphatic carbocycles. The standard InChI is InChI=1S/C23H21ClF3N5O3/c1-2-3-6-18(19(33)20(28)34)32(24)22(35)16-5-4-11-29-21(16)31-12-17(30-13-31)14-7-9-15(10-8-14)23(25,26)27/h4-5,7-13,18H,2-3,6H2,1H3,(H2,28,34). The summed E-state index contributed by atoms with van der Waals surface area (Å²) in [6, 6.07) is 6.14. The summed E-state index contributed by atoms with van der Waals surface area (Å²) in [6.45, 7) is 1.87. The number of hydrogen-bond donors (Lipinski definition) is 1. The number of primary amides is 1. The van der Waals surface area contributed by atoms with Crippen LogP contribution in [0.5, 0.6) is 0 Å². The van der Waals surface area contributed by atoms with E-state index in [1.807, 2.05) is 6.92 Å². The Morgan fingerprint density at radius 1 is 1.14 bits per heavy atom. The Morgan fingerprint density at radius 3 is 2.43 bits per heavy atom. The summed E-state index contributed by atoms with van der Waals surface area (Å²) in [6.07, 6.45) is 1.16. The lowest BCUT2D eigenvalue weighted by atomic mass is 10.0. The highest BCUT2D eigenvalue weighted by Gasteiger charge is 2.33. The second-order valence-electron chi connectivity index (χ2n) is 7.62. The molecule has 1 atom stereocenters. The molecule has 0 saturated carbocycles. The van der Waals surface area contributed by atoms with Crippen molar-refractivity contribution in [2.24, 2.45) is 5.73 Å². The van der Waals surface area contributed by atoms with Gasteiger partial charge in [-0.2, -0.15) is 13.2 Å². The van der Waals surface area contributed by atoms with Crippen LogP contribution in [0.15, 0.2) is 55.1 Å². The minimum Gasteiger partial charge on any atom is -0.363 e. The number of amides is 2. The monoisotopic (exact) mass is 507 g/mol. The number of carbonyl (C=O) groups excluding carboxylic acids is 3. The highest BCUT2D eigenvalue weighted by molar-refractivity contribution is 6.40. The Bertz CT molecular complexity index is 1230. The zero-order valence-corrected chi connectivity index (χ0v) is 19.3. The van der Waals surface area contributed by atoms with E-state index in [4.69, 9.17) is 17.5 Å². The fraction of sp³-hybridized carbons (Fsp3) is 0.261. The summed E-state index contributed by atoms with van der Waals surface area (Å²) in [5.74, 6) is -2.85. The van der Waals surface area contributed by atoms with E-state index in [1.165, 1.54) is 47.6 Å². The van der Waals surface area contributed by atoms with Gasteiger partial charge in [-0.3, -0.25) is 19.0 Å². The van der Waals surface area contributed by atoms with Crippen LogP contribution in [0.1, 0.15) is 42.1 Å². The van der Waals surface area contributed by atoms with E-state index in [2.05, 4.69) is 9.97 Å². The second-order valence-corrected chi connectivity index (χ2v) is 7.98. The molecule has 0 aliphatic rings. The summed E-state index contributed by atoms with van der Waals surface area (Å²) >= 11 is 6.23. The van der Waals surface area contributed by atoms with Gasteiger partial charge in [-0.05, 0) is 30.7 Å². The SMILES string of the molecule is CCCCC(C(=O)C(N)=O)N(Cl)C(=O)c1cccnc1-n1cnc(-c2ccc(C(F)(F)F)cc2)c1. The number of alkyl halides is 3. The number of imidazole rings is 1. The molecule has 3 rings (SSSR count). The van der Waals surface area contributed by atoms with Crippen molar-refractivity contribution < 1.29 is 27.6 Å². The van der Waals surface area contributed by atoms with Crippen LogP contribution in [0.2, 0.25) is 0 Å². The molecule has 35 heavy (non-hydrogen) atoms. The third-order valence-electron chi connectivity index (χ3n) is 5.20. The number of Topliss-reactive ketones (excluding diaryl/α,β-unsaturated/α-hetero) is 1. The van der Waals surface area contributed by atoms with Crippen LogP contribution in [0.4, 0.5) is 13.2 Å². The molecule has 0 bridgehead atoms. The number of aromatic nitrogens is 3. The number of pyridine rings is 1. The van der Waals surface area contributed by atoms with Crippen molar-refractivity contribution in [3.05, 3.63) is 66.2 Å². The van der Waals surface area contributed by atoms with E-state index in [9.17, 15) is 27.6 Å². The van der Waals surface area contributed by atoms with Gasteiger partial charge < -0.3 is 5.73 Å². The third-order valence-corrected chi connectivity index (χ3v) is 5.59. The van der Waals surface area contributed by atoms with Crippen molar-refractivity contribution in [2.45, 2.75) is 38.4 Å². The Morgan fingerprint density at radius 2 is 1.83 bits per heavy atom. The largest absolute Gasteiger partial charge is 0.416 e. The van der Waals surface area contributed by atoms with E-state index < -0.39 is 35.4 Å². The molecule has 3 aromatic rings. The molecular weight excluding hydrogens is 487 g/mol. The molecule has 0 aliphatic heterocycles. The number of unbranched alkanes of at least 4 members (excludes halogenated alkanes) is 1. The zero-order valence-electron chi connectivity index (χ0n) is 18.5. The molecule has 1 unspecified atom stereocenters. The highest BCUT2D eigenvalue weighted by atomic mass is 35.5. The van der Waals surface area contributed by atoms with Gasteiger partial charge in [0.15, 0.2) is 5.82 Å². The number of halogens is 4. The smallest absolute Gasteiger partial charge is 0.363 e. The van der Waals surface area contributed by atoms with Gasteiger partial charge in [0.2, 0.25) is 5.78 Å². The summed E-state index contributed by atoms with van der Waals surface area (Å²) in [7, 11) is 0. The van der Waals surface area contributed by atoms with Gasteiger partial charge in [-0.1, -0.05) is 31.9 Å². The molecule has 8 nitrogen and oxygen atoms in total. The maximum absolute atomic E-state index is 13.2. The van der Waals surface area contributed by atoms with Gasteiger partial charge in [0.1, 0.15) is 12.4 Å². The molecule has 2 amide bonds. The fourth-order valence-electron chi connectivity index (χ4n) is 3.35. The zero-order chi connectivity index (χ0) is 25.8. The van der Waals surface area contributed by atoms with E-state index in [0.29, 0.717) is 28.5 Å². The Kier molecular flexibility index (Phi) is 7.90. The van der Waals surface area contributed by atoms with Crippen LogP contribution in [0.25, 0.3) is 17.1 Å². The number of rotatable bonds is 9. The summed E-state index contributed by atoms with van der Waals surface area (Å²) in [5.41, 5.74) is 5.11. The van der Waals surface area contributed by atoms with Crippen LogP contribution in [0, 0.1) is 0 Å². The average molecular weight is 508 g/mol. The summed E-state index contributed by atoms with van der Waals surface area (Å²) in [5, 5.41) is 0. The number of nitrogens with two attached hydrogens (primary N) is 1. The molecular formula is C23H21ClF3N5O3. The van der Waals surface area contributed by atoms with Crippen LogP contribution in [-0.2, 0) is 15.8 Å². The van der Waals surface area contributed by atoms with Crippen molar-refractivity contribution in [1.82, 2.24) is 19.0 Å². The molecule has 0 saturated heterocycles. The Labute approximate surface area is 203 Å². The molecule has 0 radical (unpaired) electrons. The minimum absolute atomic E-state index is 0.0117. The minimum atomic E-state index is -4.46. The van der Waals surface area contributed by atoms with Gasteiger partial charge in [0.05, 0.1) is 16.8 Å². The molecule has 2 heterocycles. The lowest BCUT2D eigenvalue weighted by Gasteiger charge is -2.23. The molecule has 1 aromatic carbocycles. The molecule has 184 valence electrons. The van der Waals surface area contributed by atoms with E-state index >= 15 is 0 Å². The van der Waals surface area contributed by atoms with Crippen molar-refractivity contribution in [2.75, 3.05) is 0 Å². The first-order chi connectivity index (χ1) is 16.5. The molecule has 2 aromatic heterocycles. The van der Waals surface area contributed by atoms with Crippen LogP contribution in [-0.4, -0.2) is 42.6 Å². The topological polar surface area (TPSA) is 111 Å². The van der Waals surface area contributed by atoms with E-state index in [0.717, 1.165) is 12.1 Å². The molecule has 12 heteroatoms. The first-order valence-corrected chi connectivity index (χ1v) is 10.9. The average Bonchev–Trinajstić information content (AvgIpc) is 3.33. The van der Waals surface area contributed by atoms with Crippen molar-refractivity contribution >= 4 is 29.4 Å². The number of carbonyl (C=O) groups is 3. The second kappa shape index (κ2) is 10.7. The third kappa shape index (κ3) is 5.86. The summed E-state index contributed by atoms with van der Waals surface area (Å²) < 4.78 is 40.5. The fourth-order valence-corrected chi connectivity index (χ4v) is 3.63. The first-order valence-electron chi connectivity index (χ1n) is 10.5. The molecule has 0 fully saturated rings. The van der Waals surface area contributed by atoms with Crippen LogP contribution in [0.3, 0.4) is 0 Å². The predicted molar refractivity (Wildman–Crippen MR) is 121 cm³/mol. The van der Waals surface area contributed by atoms with Crippen molar-refractivity contribution in [1.29, 1.82) is 0 Å². The Balaban J connectivity index is 1.92. The quantitative estimate of drug-likeness (QED) is 0.345. The van der Waals surface area contributed by atoms with Gasteiger partial charge in [-0.25, -0.2) is 14.4 Å².